The first-order valence-corrected chi connectivity index (χ1v) is 6.46. The maximum Gasteiger partial charge on any atom is 0 e. The van der Waals surface area contributed by atoms with Crippen LogP contribution in [0, 0.1) is 33.5 Å². The van der Waals surface area contributed by atoms with Crippen LogP contribution in [0.25, 0.3) is 0 Å². The van der Waals surface area contributed by atoms with Gasteiger partial charge in [-0.05, 0) is 39.9 Å². The van der Waals surface area contributed by atoms with Crippen LogP contribution in [0.15, 0.2) is 0 Å². The number of hydrogen-bond acceptors (Lipinski definition) is 0. The van der Waals surface area contributed by atoms with E-state index in [2.05, 4.69) is 55.4 Å². The molecule has 2 rings (SSSR count). The zero-order valence-electron chi connectivity index (χ0n) is 12.4. The van der Waals surface area contributed by atoms with Crippen LogP contribution < -0.4 is 0 Å². The maximum atomic E-state index is 2.48. The van der Waals surface area contributed by atoms with Crippen LogP contribution in [0.4, 0.5) is 0 Å². The Balaban J connectivity index is 0.00000128. The Bertz CT molecular complexity index is 283. The van der Waals surface area contributed by atoms with Gasteiger partial charge >= 0.3 is 0 Å². The van der Waals surface area contributed by atoms with Gasteiger partial charge in [-0.3, -0.25) is 0 Å². The highest BCUT2D eigenvalue weighted by Crippen LogP contribution is 2.79. The van der Waals surface area contributed by atoms with Gasteiger partial charge in [0.2, 0.25) is 0 Å². The summed E-state index contributed by atoms with van der Waals surface area (Å²) in [6.45, 7) is 19.7. The minimum Gasteiger partial charge on any atom is -0.0594 e. The van der Waals surface area contributed by atoms with E-state index in [1.165, 1.54) is 6.42 Å². The maximum absolute atomic E-state index is 2.48. The van der Waals surface area contributed by atoms with Crippen LogP contribution in [-0.2, 0) is 0 Å². The van der Waals surface area contributed by atoms with Gasteiger partial charge in [-0.25, -0.2) is 0 Å². The molecule has 0 amide bonds. The molecule has 16 heavy (non-hydrogen) atoms. The van der Waals surface area contributed by atoms with Gasteiger partial charge in [-0.15, -0.1) is 0 Å². The van der Waals surface area contributed by atoms with Crippen LogP contribution in [0.1, 0.15) is 61.8 Å². The van der Waals surface area contributed by atoms with Crippen molar-refractivity contribution < 1.29 is 0 Å². The third kappa shape index (κ3) is 1.29. The third-order valence-electron chi connectivity index (χ3n) is 6.94. The fraction of sp³-hybridized carbons (Fsp3) is 1.00. The molecular formula is C15H28B. The molecule has 0 bridgehead atoms. The summed E-state index contributed by atoms with van der Waals surface area (Å²) < 4.78 is 0. The quantitative estimate of drug-likeness (QED) is 0.575. The average Bonchev–Trinajstić information content (AvgIpc) is 2.39. The molecular weight excluding hydrogens is 191 g/mol. The first-order chi connectivity index (χ1) is 6.46. The standard InChI is InChI=1S/C15H28.B/c1-12(2)9-10(13(12,3)4)11-14(5,6)15(11,7)8;/h10-11H,9H2,1-8H3;. The van der Waals surface area contributed by atoms with E-state index in [0.717, 1.165) is 11.8 Å². The van der Waals surface area contributed by atoms with Gasteiger partial charge in [0.15, 0.2) is 0 Å². The van der Waals surface area contributed by atoms with Gasteiger partial charge in [-0.1, -0.05) is 55.4 Å². The molecule has 0 nitrogen and oxygen atoms in total. The van der Waals surface area contributed by atoms with E-state index in [1.807, 2.05) is 0 Å². The molecule has 0 heterocycles. The fourth-order valence-electron chi connectivity index (χ4n) is 4.23. The Morgan fingerprint density at radius 2 is 1.06 bits per heavy atom. The first kappa shape index (κ1) is 14.1. The first-order valence-electron chi connectivity index (χ1n) is 6.46. The van der Waals surface area contributed by atoms with Gasteiger partial charge in [-0.2, -0.15) is 0 Å². The Labute approximate surface area is 104 Å². The SMILES string of the molecule is CC1(C)CC(C2C(C)(C)C2(C)C)C1(C)C.[B]. The zero-order chi connectivity index (χ0) is 11.9. The largest absolute Gasteiger partial charge is 0.0594 e. The molecule has 2 aliphatic carbocycles. The topological polar surface area (TPSA) is 0 Å². The van der Waals surface area contributed by atoms with Crippen LogP contribution >= 0.6 is 0 Å². The van der Waals surface area contributed by atoms with E-state index < -0.39 is 0 Å². The van der Waals surface area contributed by atoms with Crippen LogP contribution in [0.5, 0.6) is 0 Å². The van der Waals surface area contributed by atoms with Crippen molar-refractivity contribution in [3.63, 3.8) is 0 Å². The smallest absolute Gasteiger partial charge is 0 e. The molecule has 0 aromatic heterocycles. The van der Waals surface area contributed by atoms with Gasteiger partial charge < -0.3 is 0 Å². The van der Waals surface area contributed by atoms with Crippen molar-refractivity contribution >= 4 is 8.41 Å². The monoisotopic (exact) mass is 219 g/mol. The molecule has 3 radical (unpaired) electrons. The predicted octanol–water partition coefficient (Wildman–Crippen LogP) is 4.36. The second-order valence-electron chi connectivity index (χ2n) is 8.34. The highest BCUT2D eigenvalue weighted by Gasteiger charge is 2.73. The lowest BCUT2D eigenvalue weighted by Gasteiger charge is -2.60. The molecule has 2 aliphatic rings. The molecule has 0 aliphatic heterocycles. The Morgan fingerprint density at radius 1 is 0.688 bits per heavy atom. The van der Waals surface area contributed by atoms with Crippen molar-refractivity contribution in [2.75, 3.05) is 0 Å². The van der Waals surface area contributed by atoms with Gasteiger partial charge in [0.25, 0.3) is 0 Å². The summed E-state index contributed by atoms with van der Waals surface area (Å²) in [5.74, 6) is 1.88. The number of rotatable bonds is 1. The molecule has 0 aromatic carbocycles. The van der Waals surface area contributed by atoms with Crippen molar-refractivity contribution in [2.45, 2.75) is 61.8 Å². The molecule has 1 unspecified atom stereocenters. The summed E-state index contributed by atoms with van der Waals surface area (Å²) in [6.07, 6.45) is 1.43. The molecule has 2 saturated carbocycles. The van der Waals surface area contributed by atoms with Crippen molar-refractivity contribution in [3.05, 3.63) is 0 Å². The van der Waals surface area contributed by atoms with E-state index in [0.29, 0.717) is 21.7 Å². The highest BCUT2D eigenvalue weighted by atomic mass is 14.8. The zero-order valence-corrected chi connectivity index (χ0v) is 12.4. The van der Waals surface area contributed by atoms with Gasteiger partial charge in [0.1, 0.15) is 0 Å². The minimum absolute atomic E-state index is 0. The normalized spacial score (nSPS) is 37.1. The lowest BCUT2D eigenvalue weighted by atomic mass is 9.45. The summed E-state index contributed by atoms with van der Waals surface area (Å²) in [7, 11) is 0. The van der Waals surface area contributed by atoms with E-state index in [1.54, 1.807) is 0 Å². The minimum atomic E-state index is 0. The Hall–Kier alpha value is 0.0649. The Morgan fingerprint density at radius 3 is 1.25 bits per heavy atom. The molecule has 2 fully saturated rings. The van der Waals surface area contributed by atoms with Crippen molar-refractivity contribution in [1.29, 1.82) is 0 Å². The summed E-state index contributed by atoms with van der Waals surface area (Å²) >= 11 is 0. The molecule has 0 saturated heterocycles. The van der Waals surface area contributed by atoms with Gasteiger partial charge in [0, 0.05) is 8.41 Å². The summed E-state index contributed by atoms with van der Waals surface area (Å²) in [5, 5.41) is 0. The molecule has 1 heteroatoms. The van der Waals surface area contributed by atoms with Crippen LogP contribution in [0.3, 0.4) is 0 Å². The van der Waals surface area contributed by atoms with Crippen LogP contribution in [-0.4, -0.2) is 8.41 Å². The fourth-order valence-corrected chi connectivity index (χ4v) is 4.23. The predicted molar refractivity (Wildman–Crippen MR) is 72.5 cm³/mol. The van der Waals surface area contributed by atoms with E-state index >= 15 is 0 Å². The molecule has 0 aromatic rings. The van der Waals surface area contributed by atoms with Crippen molar-refractivity contribution in [2.24, 2.45) is 33.5 Å². The second kappa shape index (κ2) is 3.09. The average molecular weight is 219 g/mol. The molecule has 91 valence electrons. The lowest BCUT2D eigenvalue weighted by molar-refractivity contribution is -0.113. The number of hydrogen-bond donors (Lipinski definition) is 0. The van der Waals surface area contributed by atoms with Crippen molar-refractivity contribution in [1.82, 2.24) is 0 Å². The van der Waals surface area contributed by atoms with Crippen molar-refractivity contribution in [3.8, 4) is 0 Å². The van der Waals surface area contributed by atoms with E-state index in [-0.39, 0.29) is 8.41 Å². The Kier molecular flexibility index (Phi) is 2.73. The van der Waals surface area contributed by atoms with E-state index in [4.69, 9.17) is 0 Å². The molecule has 1 atom stereocenters. The summed E-state index contributed by atoms with van der Waals surface area (Å²) in [6, 6.07) is 0. The lowest BCUT2D eigenvalue weighted by Crippen LogP contribution is -2.53. The molecule has 0 N–H and O–H groups in total. The van der Waals surface area contributed by atoms with E-state index in [9.17, 15) is 0 Å². The third-order valence-corrected chi connectivity index (χ3v) is 6.94. The second-order valence-corrected chi connectivity index (χ2v) is 8.34. The summed E-state index contributed by atoms with van der Waals surface area (Å²) in [5.41, 5.74) is 2.20. The van der Waals surface area contributed by atoms with Crippen LogP contribution in [0.2, 0.25) is 0 Å². The van der Waals surface area contributed by atoms with Gasteiger partial charge in [0.05, 0.1) is 0 Å². The summed E-state index contributed by atoms with van der Waals surface area (Å²) in [4.78, 5) is 0. The highest BCUT2D eigenvalue weighted by molar-refractivity contribution is 5.75. The molecule has 0 spiro atoms.